The predicted octanol–water partition coefficient (Wildman–Crippen LogP) is 2.26. The third-order valence-corrected chi connectivity index (χ3v) is 3.76. The molecule has 0 saturated carbocycles. The Bertz CT molecular complexity index is 525. The minimum Gasteiger partial charge on any atom is -0.380 e. The number of carbonyl (C=O) groups excluding carboxylic acids is 1. The quantitative estimate of drug-likeness (QED) is 0.387. The highest BCUT2D eigenvalue weighted by Crippen LogP contribution is 2.09. The Kier molecular flexibility index (Phi) is 10.3. The molecule has 0 aromatic heterocycles. The zero-order chi connectivity index (χ0) is 18.5. The zero-order valence-corrected chi connectivity index (χ0v) is 16.0. The Balaban J connectivity index is 2.63. The lowest BCUT2D eigenvalue weighted by atomic mass is 10.1. The molecule has 140 valence electrons. The van der Waals surface area contributed by atoms with E-state index >= 15 is 0 Å². The maximum atomic E-state index is 12.3. The van der Waals surface area contributed by atoms with Gasteiger partial charge >= 0.3 is 0 Å². The van der Waals surface area contributed by atoms with Crippen LogP contribution in [0.15, 0.2) is 29.3 Å². The van der Waals surface area contributed by atoms with Gasteiger partial charge in [0.05, 0.1) is 13.2 Å². The summed E-state index contributed by atoms with van der Waals surface area (Å²) in [6.07, 6.45) is 0. The molecule has 0 fully saturated rings. The van der Waals surface area contributed by atoms with E-state index < -0.39 is 0 Å². The van der Waals surface area contributed by atoms with E-state index in [1.165, 1.54) is 0 Å². The van der Waals surface area contributed by atoms with Gasteiger partial charge in [-0.3, -0.25) is 4.79 Å². The average molecular weight is 348 g/mol. The van der Waals surface area contributed by atoms with Crippen LogP contribution in [0.25, 0.3) is 0 Å². The molecule has 25 heavy (non-hydrogen) atoms. The molecule has 0 atom stereocenters. The first-order valence-electron chi connectivity index (χ1n) is 9.14. The Morgan fingerprint density at radius 3 is 2.32 bits per heavy atom. The second kappa shape index (κ2) is 12.3. The molecule has 0 unspecified atom stereocenters. The van der Waals surface area contributed by atoms with Crippen molar-refractivity contribution in [3.05, 3.63) is 35.4 Å². The highest BCUT2D eigenvalue weighted by Gasteiger charge is 2.11. The van der Waals surface area contributed by atoms with Gasteiger partial charge in [-0.25, -0.2) is 4.99 Å². The molecule has 0 aliphatic rings. The van der Waals surface area contributed by atoms with Gasteiger partial charge < -0.3 is 20.3 Å². The predicted molar refractivity (Wildman–Crippen MR) is 103 cm³/mol. The van der Waals surface area contributed by atoms with Gasteiger partial charge in [-0.2, -0.15) is 0 Å². The maximum absolute atomic E-state index is 12.3. The van der Waals surface area contributed by atoms with Gasteiger partial charge in [0.25, 0.3) is 5.91 Å². The average Bonchev–Trinajstić information content (AvgIpc) is 2.64. The molecule has 0 saturated heterocycles. The Hall–Kier alpha value is -2.08. The monoisotopic (exact) mass is 348 g/mol. The Morgan fingerprint density at radius 2 is 1.76 bits per heavy atom. The van der Waals surface area contributed by atoms with E-state index in [1.54, 1.807) is 0 Å². The molecule has 0 spiro atoms. The molecule has 1 rings (SSSR count). The molecule has 6 heteroatoms. The van der Waals surface area contributed by atoms with Gasteiger partial charge in [0.1, 0.15) is 0 Å². The molecule has 1 aromatic carbocycles. The van der Waals surface area contributed by atoms with E-state index in [2.05, 4.69) is 15.6 Å². The van der Waals surface area contributed by atoms with Gasteiger partial charge in [0.2, 0.25) is 0 Å². The van der Waals surface area contributed by atoms with Crippen LogP contribution in [0.2, 0.25) is 0 Å². The van der Waals surface area contributed by atoms with Crippen molar-refractivity contribution in [2.45, 2.75) is 34.2 Å². The van der Waals surface area contributed by atoms with Crippen LogP contribution in [0, 0.1) is 0 Å². The molecule has 0 aliphatic carbocycles. The zero-order valence-electron chi connectivity index (χ0n) is 16.0. The van der Waals surface area contributed by atoms with Crippen LogP contribution >= 0.6 is 0 Å². The topological polar surface area (TPSA) is 66.0 Å². The lowest BCUT2D eigenvalue weighted by Gasteiger charge is -2.18. The second-order valence-corrected chi connectivity index (χ2v) is 5.49. The number of aliphatic imine (C=N–C) groups is 1. The van der Waals surface area contributed by atoms with Crippen molar-refractivity contribution >= 4 is 11.9 Å². The third-order valence-electron chi connectivity index (χ3n) is 3.76. The number of guanidine groups is 1. The van der Waals surface area contributed by atoms with Crippen LogP contribution in [0.5, 0.6) is 0 Å². The summed E-state index contributed by atoms with van der Waals surface area (Å²) < 4.78 is 5.32. The van der Waals surface area contributed by atoms with E-state index in [0.717, 1.165) is 43.3 Å². The molecule has 0 bridgehead atoms. The van der Waals surface area contributed by atoms with E-state index in [-0.39, 0.29) is 5.91 Å². The molecule has 1 amide bonds. The fraction of sp³-hybridized carbons (Fsp3) is 0.579. The van der Waals surface area contributed by atoms with E-state index in [9.17, 15) is 4.79 Å². The Morgan fingerprint density at radius 1 is 1.08 bits per heavy atom. The number of rotatable bonds is 10. The molecule has 0 heterocycles. The maximum Gasteiger partial charge on any atom is 0.253 e. The lowest BCUT2D eigenvalue weighted by Crippen LogP contribution is -2.39. The molecule has 2 N–H and O–H groups in total. The van der Waals surface area contributed by atoms with Crippen LogP contribution in [-0.2, 0) is 11.3 Å². The van der Waals surface area contributed by atoms with Crippen molar-refractivity contribution in [1.82, 2.24) is 15.5 Å². The number of benzene rings is 1. The van der Waals surface area contributed by atoms with Crippen molar-refractivity contribution in [1.29, 1.82) is 0 Å². The van der Waals surface area contributed by atoms with Gasteiger partial charge in [-0.15, -0.1) is 0 Å². The molecule has 1 aromatic rings. The fourth-order valence-corrected chi connectivity index (χ4v) is 2.34. The van der Waals surface area contributed by atoms with Crippen LogP contribution in [-0.4, -0.2) is 56.2 Å². The van der Waals surface area contributed by atoms with Crippen LogP contribution in [0.1, 0.15) is 43.6 Å². The SMILES string of the molecule is CCNC(=NCc1ccc(C(=O)N(CC)CC)cc1)NCCOCC. The number of hydrogen-bond acceptors (Lipinski definition) is 3. The Labute approximate surface area is 151 Å². The van der Waals surface area contributed by atoms with Crippen molar-refractivity contribution in [3.63, 3.8) is 0 Å². The minimum atomic E-state index is 0.0750. The second-order valence-electron chi connectivity index (χ2n) is 5.49. The number of amides is 1. The standard InChI is InChI=1S/C19H32N4O2/c1-5-20-19(21-13-14-25-8-4)22-15-16-9-11-17(12-10-16)18(24)23(6-2)7-3/h9-12H,5-8,13-15H2,1-4H3,(H2,20,21,22). The van der Waals surface area contributed by atoms with Crippen LogP contribution < -0.4 is 10.6 Å². The number of hydrogen-bond donors (Lipinski definition) is 2. The summed E-state index contributed by atoms with van der Waals surface area (Å²) in [6, 6.07) is 7.68. The summed E-state index contributed by atoms with van der Waals surface area (Å²) in [5.74, 6) is 0.844. The number of nitrogens with zero attached hydrogens (tertiary/aromatic N) is 2. The minimum absolute atomic E-state index is 0.0750. The molecular formula is C19H32N4O2. The number of carbonyl (C=O) groups is 1. The van der Waals surface area contributed by atoms with E-state index in [0.29, 0.717) is 19.8 Å². The summed E-state index contributed by atoms with van der Waals surface area (Å²) in [4.78, 5) is 18.7. The smallest absolute Gasteiger partial charge is 0.253 e. The highest BCUT2D eigenvalue weighted by atomic mass is 16.5. The van der Waals surface area contributed by atoms with E-state index in [4.69, 9.17) is 4.74 Å². The van der Waals surface area contributed by atoms with Crippen molar-refractivity contribution < 1.29 is 9.53 Å². The van der Waals surface area contributed by atoms with Gasteiger partial charge in [-0.05, 0) is 45.4 Å². The van der Waals surface area contributed by atoms with Gasteiger partial charge in [0.15, 0.2) is 5.96 Å². The van der Waals surface area contributed by atoms with Crippen molar-refractivity contribution in [2.24, 2.45) is 4.99 Å². The van der Waals surface area contributed by atoms with Crippen molar-refractivity contribution in [3.8, 4) is 0 Å². The van der Waals surface area contributed by atoms with Crippen molar-refractivity contribution in [2.75, 3.05) is 39.4 Å². The molecular weight excluding hydrogens is 316 g/mol. The molecule has 0 aliphatic heterocycles. The van der Waals surface area contributed by atoms with Gasteiger partial charge in [0, 0.05) is 38.3 Å². The first-order valence-corrected chi connectivity index (χ1v) is 9.14. The van der Waals surface area contributed by atoms with Crippen LogP contribution in [0.3, 0.4) is 0 Å². The third kappa shape index (κ3) is 7.56. The molecule has 6 nitrogen and oxygen atoms in total. The first-order chi connectivity index (χ1) is 12.2. The summed E-state index contributed by atoms with van der Waals surface area (Å²) >= 11 is 0. The summed E-state index contributed by atoms with van der Waals surface area (Å²) in [5, 5.41) is 6.45. The largest absolute Gasteiger partial charge is 0.380 e. The first kappa shape index (κ1) is 21.0. The normalized spacial score (nSPS) is 11.3. The number of ether oxygens (including phenoxy) is 1. The summed E-state index contributed by atoms with van der Waals surface area (Å²) in [6.45, 7) is 12.9. The van der Waals surface area contributed by atoms with Gasteiger partial charge in [-0.1, -0.05) is 12.1 Å². The highest BCUT2D eigenvalue weighted by molar-refractivity contribution is 5.94. The van der Waals surface area contributed by atoms with E-state index in [1.807, 2.05) is 56.9 Å². The fourth-order valence-electron chi connectivity index (χ4n) is 2.34. The summed E-state index contributed by atoms with van der Waals surface area (Å²) in [5.41, 5.74) is 1.79. The van der Waals surface area contributed by atoms with Crippen LogP contribution in [0.4, 0.5) is 0 Å². The lowest BCUT2D eigenvalue weighted by molar-refractivity contribution is 0.0773. The number of nitrogens with one attached hydrogen (secondary N) is 2. The molecule has 0 radical (unpaired) electrons. The summed E-state index contributed by atoms with van der Waals surface area (Å²) in [7, 11) is 0.